The molecule has 2 heterocycles. The Morgan fingerprint density at radius 1 is 1.06 bits per heavy atom. The van der Waals surface area contributed by atoms with E-state index in [9.17, 15) is 4.79 Å². The molecule has 0 aliphatic carbocycles. The number of piperazine rings is 1. The number of halogens is 1. The highest BCUT2D eigenvalue weighted by atomic mass is 35.5. The molecule has 1 aromatic heterocycles. The predicted molar refractivity (Wildman–Crippen MR) is 118 cm³/mol. The lowest BCUT2D eigenvalue weighted by molar-refractivity contribution is 0.140. The third-order valence-electron chi connectivity index (χ3n) is 5.05. The van der Waals surface area contributed by atoms with Crippen LogP contribution in [0.2, 0.25) is 5.02 Å². The van der Waals surface area contributed by atoms with Gasteiger partial charge < -0.3 is 15.0 Å². The number of nitrogens with one attached hydrogen (secondary N) is 1. The van der Waals surface area contributed by atoms with E-state index in [-0.39, 0.29) is 6.03 Å². The van der Waals surface area contributed by atoms with Crippen molar-refractivity contribution in [2.75, 3.05) is 38.1 Å². The van der Waals surface area contributed by atoms with E-state index < -0.39 is 0 Å². The second-order valence-electron chi connectivity index (χ2n) is 7.13. The van der Waals surface area contributed by atoms with Crippen molar-refractivity contribution in [1.29, 1.82) is 0 Å². The van der Waals surface area contributed by atoms with Crippen LogP contribution in [-0.2, 0) is 6.54 Å². The van der Waals surface area contributed by atoms with Crippen LogP contribution in [-0.4, -0.2) is 68.8 Å². The van der Waals surface area contributed by atoms with Crippen molar-refractivity contribution in [3.8, 4) is 11.4 Å². The average molecular weight is 442 g/mol. The minimum atomic E-state index is -0.102. The Labute approximate surface area is 185 Å². The smallest absolute Gasteiger partial charge is 0.321 e. The Morgan fingerprint density at radius 2 is 1.77 bits per heavy atom. The van der Waals surface area contributed by atoms with Crippen molar-refractivity contribution >= 4 is 23.3 Å². The van der Waals surface area contributed by atoms with Crippen LogP contribution in [0.5, 0.6) is 5.75 Å². The minimum Gasteiger partial charge on any atom is -0.494 e. The molecule has 1 N–H and O–H groups in total. The van der Waals surface area contributed by atoms with Crippen molar-refractivity contribution in [1.82, 2.24) is 30.0 Å². The molecule has 1 aliphatic rings. The van der Waals surface area contributed by atoms with Crippen molar-refractivity contribution in [2.45, 2.75) is 13.5 Å². The SMILES string of the molecule is CCOc1ccc(NC(=O)N2CCN(Cc3nnnn3-c3ccc(Cl)cc3)CC2)cc1. The molecule has 2 amide bonds. The van der Waals surface area contributed by atoms with Gasteiger partial charge in [0.2, 0.25) is 0 Å². The molecule has 162 valence electrons. The standard InChI is InChI=1S/C21H24ClN7O2/c1-2-31-19-9-5-17(6-10-19)23-21(30)28-13-11-27(12-14-28)15-20-24-25-26-29(20)18-7-3-16(22)4-8-18/h3-10H,2,11-15H2,1H3,(H,23,30). The van der Waals surface area contributed by atoms with E-state index in [0.29, 0.717) is 31.3 Å². The van der Waals surface area contributed by atoms with Gasteiger partial charge in [-0.25, -0.2) is 4.79 Å². The zero-order chi connectivity index (χ0) is 21.6. The molecule has 0 bridgehead atoms. The van der Waals surface area contributed by atoms with Crippen LogP contribution in [0.25, 0.3) is 5.69 Å². The van der Waals surface area contributed by atoms with Crippen LogP contribution in [0.15, 0.2) is 48.5 Å². The molecule has 31 heavy (non-hydrogen) atoms. The highest BCUT2D eigenvalue weighted by Crippen LogP contribution is 2.17. The van der Waals surface area contributed by atoms with Gasteiger partial charge in [0, 0.05) is 36.9 Å². The average Bonchev–Trinajstić information content (AvgIpc) is 3.24. The molecule has 10 heteroatoms. The highest BCUT2D eigenvalue weighted by molar-refractivity contribution is 6.30. The lowest BCUT2D eigenvalue weighted by Gasteiger charge is -2.34. The molecule has 9 nitrogen and oxygen atoms in total. The number of aromatic nitrogens is 4. The Morgan fingerprint density at radius 3 is 2.45 bits per heavy atom. The van der Waals surface area contributed by atoms with Crippen LogP contribution in [0.3, 0.4) is 0 Å². The third-order valence-corrected chi connectivity index (χ3v) is 5.30. The first-order chi connectivity index (χ1) is 15.1. The van der Waals surface area contributed by atoms with E-state index in [1.165, 1.54) is 0 Å². The van der Waals surface area contributed by atoms with Crippen molar-refractivity contribution in [3.63, 3.8) is 0 Å². The molecule has 0 radical (unpaired) electrons. The maximum absolute atomic E-state index is 12.6. The number of carbonyl (C=O) groups is 1. The zero-order valence-corrected chi connectivity index (χ0v) is 18.0. The number of urea groups is 1. The molecular formula is C21H24ClN7O2. The lowest BCUT2D eigenvalue weighted by atomic mass is 10.3. The highest BCUT2D eigenvalue weighted by Gasteiger charge is 2.23. The van der Waals surface area contributed by atoms with E-state index in [1.54, 1.807) is 4.68 Å². The summed E-state index contributed by atoms with van der Waals surface area (Å²) in [5.74, 6) is 1.53. The van der Waals surface area contributed by atoms with E-state index >= 15 is 0 Å². The van der Waals surface area contributed by atoms with Crippen LogP contribution < -0.4 is 10.1 Å². The van der Waals surface area contributed by atoms with Gasteiger partial charge >= 0.3 is 6.03 Å². The fourth-order valence-electron chi connectivity index (χ4n) is 3.40. The molecule has 0 atom stereocenters. The van der Waals surface area contributed by atoms with Gasteiger partial charge in [0.1, 0.15) is 5.75 Å². The van der Waals surface area contributed by atoms with Gasteiger partial charge in [0.05, 0.1) is 18.8 Å². The lowest BCUT2D eigenvalue weighted by Crippen LogP contribution is -2.49. The van der Waals surface area contributed by atoms with E-state index in [4.69, 9.17) is 16.3 Å². The van der Waals surface area contributed by atoms with Gasteiger partial charge in [-0.05, 0) is 65.9 Å². The Bertz CT molecular complexity index is 999. The molecule has 4 rings (SSSR count). The molecule has 0 unspecified atom stereocenters. The van der Waals surface area contributed by atoms with Gasteiger partial charge in [-0.1, -0.05) is 11.6 Å². The quantitative estimate of drug-likeness (QED) is 0.632. The molecule has 0 saturated carbocycles. The summed E-state index contributed by atoms with van der Waals surface area (Å²) in [6.45, 7) is 5.89. The van der Waals surface area contributed by atoms with E-state index in [2.05, 4.69) is 25.7 Å². The van der Waals surface area contributed by atoms with Gasteiger partial charge in [-0.2, -0.15) is 4.68 Å². The molecule has 1 aliphatic heterocycles. The Kier molecular flexibility index (Phi) is 6.63. The van der Waals surface area contributed by atoms with Crippen LogP contribution in [0.1, 0.15) is 12.7 Å². The van der Waals surface area contributed by atoms with Crippen molar-refractivity contribution < 1.29 is 9.53 Å². The Balaban J connectivity index is 1.30. The zero-order valence-electron chi connectivity index (χ0n) is 17.2. The largest absolute Gasteiger partial charge is 0.494 e. The number of hydrogen-bond acceptors (Lipinski definition) is 6. The van der Waals surface area contributed by atoms with Crippen molar-refractivity contribution in [3.05, 3.63) is 59.4 Å². The molecule has 3 aromatic rings. The van der Waals surface area contributed by atoms with Crippen LogP contribution in [0.4, 0.5) is 10.5 Å². The summed E-state index contributed by atoms with van der Waals surface area (Å²) in [6, 6.07) is 14.7. The molecule has 1 fully saturated rings. The van der Waals surface area contributed by atoms with Gasteiger partial charge in [0.15, 0.2) is 5.82 Å². The summed E-state index contributed by atoms with van der Waals surface area (Å²) in [7, 11) is 0. The number of tetrazole rings is 1. The van der Waals surface area contributed by atoms with Gasteiger partial charge in [-0.3, -0.25) is 4.90 Å². The molecular weight excluding hydrogens is 418 g/mol. The second-order valence-corrected chi connectivity index (χ2v) is 7.57. The molecule has 0 spiro atoms. The topological polar surface area (TPSA) is 88.4 Å². The number of ether oxygens (including phenoxy) is 1. The minimum absolute atomic E-state index is 0.102. The van der Waals surface area contributed by atoms with E-state index in [0.717, 1.165) is 36.0 Å². The first-order valence-electron chi connectivity index (χ1n) is 10.2. The van der Waals surface area contributed by atoms with Crippen LogP contribution >= 0.6 is 11.6 Å². The fraction of sp³-hybridized carbons (Fsp3) is 0.333. The first-order valence-corrected chi connectivity index (χ1v) is 10.5. The number of carbonyl (C=O) groups excluding carboxylic acids is 1. The van der Waals surface area contributed by atoms with E-state index in [1.807, 2.05) is 60.4 Å². The summed E-state index contributed by atoms with van der Waals surface area (Å²) >= 11 is 5.97. The fourth-order valence-corrected chi connectivity index (χ4v) is 3.53. The Hall–Kier alpha value is -3.17. The predicted octanol–water partition coefficient (Wildman–Crippen LogP) is 3.06. The number of amides is 2. The number of rotatable bonds is 6. The third kappa shape index (κ3) is 5.31. The number of benzene rings is 2. The summed E-state index contributed by atoms with van der Waals surface area (Å²) in [4.78, 5) is 16.6. The number of anilines is 1. The summed E-state index contributed by atoms with van der Waals surface area (Å²) < 4.78 is 7.14. The first kappa shape index (κ1) is 21.1. The molecule has 2 aromatic carbocycles. The number of nitrogens with zero attached hydrogens (tertiary/aromatic N) is 6. The maximum Gasteiger partial charge on any atom is 0.321 e. The van der Waals surface area contributed by atoms with Gasteiger partial charge in [0.25, 0.3) is 0 Å². The summed E-state index contributed by atoms with van der Waals surface area (Å²) in [5.41, 5.74) is 1.61. The molecule has 1 saturated heterocycles. The summed E-state index contributed by atoms with van der Waals surface area (Å²) in [5, 5.41) is 15.7. The second kappa shape index (κ2) is 9.76. The van der Waals surface area contributed by atoms with Crippen LogP contribution in [0, 0.1) is 0 Å². The normalized spacial score (nSPS) is 14.5. The van der Waals surface area contributed by atoms with Gasteiger partial charge in [-0.15, -0.1) is 5.10 Å². The maximum atomic E-state index is 12.6. The summed E-state index contributed by atoms with van der Waals surface area (Å²) in [6.07, 6.45) is 0. The number of hydrogen-bond donors (Lipinski definition) is 1. The monoisotopic (exact) mass is 441 g/mol. The van der Waals surface area contributed by atoms with Crippen molar-refractivity contribution in [2.24, 2.45) is 0 Å².